The quantitative estimate of drug-likeness (QED) is 0.280. The molecule has 5 heterocycles. The van der Waals surface area contributed by atoms with Crippen molar-refractivity contribution in [2.24, 2.45) is 0 Å². The lowest BCUT2D eigenvalue weighted by Crippen LogP contribution is -2.58. The summed E-state index contributed by atoms with van der Waals surface area (Å²) in [5.41, 5.74) is -0.126. The third-order valence-electron chi connectivity index (χ3n) is 8.09. The molecule has 0 spiro atoms. The summed E-state index contributed by atoms with van der Waals surface area (Å²) in [5.74, 6) is -1.74. The highest BCUT2D eigenvalue weighted by Crippen LogP contribution is 2.42. The summed E-state index contributed by atoms with van der Waals surface area (Å²) in [4.78, 5) is 44.2. The zero-order valence-electron chi connectivity index (χ0n) is 25.2. The standard InChI is InChI=1S/C32H31ClF2N6O4/c1-6-24(42)39-14-18(5)40(15-17(39)4)30-19-13-20(33)27-25-21(34)7-8-22(35)29(25)45-12-11-44-23-9-10-36-26(16(2)3)28(23)41(31(19)37-27)32(43)38-30/h6-10,13,16-18H,1,11-12,14-15H2,2-5H3/t17-,18+/m1/s1. The second-order valence-corrected chi connectivity index (χ2v) is 11.8. The SMILES string of the molecule is C=CC(=O)N1C[C@H](C)N(c2nc(=O)n3c4nc(c(Cl)cc24)-c2c(F)ccc(F)c2OCCOc2ccnc(C(C)C)c2-3)C[C@H]1C. The number of nitrogens with zero attached hydrogens (tertiary/aromatic N) is 6. The van der Waals surface area contributed by atoms with Crippen LogP contribution < -0.4 is 20.1 Å². The van der Waals surface area contributed by atoms with Gasteiger partial charge in [-0.05, 0) is 44.0 Å². The maximum Gasteiger partial charge on any atom is 0.356 e. The number of pyridine rings is 2. The monoisotopic (exact) mass is 636 g/mol. The number of ether oxygens (including phenoxy) is 2. The van der Waals surface area contributed by atoms with Gasteiger partial charge in [-0.25, -0.2) is 23.1 Å². The van der Waals surface area contributed by atoms with E-state index >= 15 is 8.78 Å². The molecule has 2 aliphatic rings. The third kappa shape index (κ3) is 5.16. The van der Waals surface area contributed by atoms with Crippen LogP contribution in [0.1, 0.15) is 39.3 Å². The Morgan fingerprint density at radius 2 is 1.82 bits per heavy atom. The molecule has 2 atom stereocenters. The summed E-state index contributed by atoms with van der Waals surface area (Å²) in [6.45, 7) is 11.8. The van der Waals surface area contributed by atoms with E-state index in [0.717, 1.165) is 12.1 Å². The van der Waals surface area contributed by atoms with Gasteiger partial charge in [0.2, 0.25) is 5.91 Å². The molecule has 234 valence electrons. The number of amides is 1. The van der Waals surface area contributed by atoms with E-state index in [1.807, 2.05) is 32.6 Å². The van der Waals surface area contributed by atoms with Crippen molar-refractivity contribution >= 4 is 34.4 Å². The van der Waals surface area contributed by atoms with Crippen molar-refractivity contribution in [1.29, 1.82) is 0 Å². The normalized spacial score (nSPS) is 18.0. The summed E-state index contributed by atoms with van der Waals surface area (Å²) in [6, 6.07) is 4.59. The first-order valence-corrected chi connectivity index (χ1v) is 15.0. The molecule has 1 aromatic carbocycles. The van der Waals surface area contributed by atoms with Crippen molar-refractivity contribution in [1.82, 2.24) is 24.4 Å². The zero-order valence-corrected chi connectivity index (χ0v) is 25.9. The fourth-order valence-electron chi connectivity index (χ4n) is 5.95. The van der Waals surface area contributed by atoms with Crippen LogP contribution >= 0.6 is 11.6 Å². The van der Waals surface area contributed by atoms with Crippen molar-refractivity contribution in [3.8, 4) is 28.4 Å². The Kier molecular flexibility index (Phi) is 7.94. The second-order valence-electron chi connectivity index (χ2n) is 11.4. The lowest BCUT2D eigenvalue weighted by atomic mass is 10.0. The van der Waals surface area contributed by atoms with Gasteiger partial charge in [-0.1, -0.05) is 32.0 Å². The molecule has 0 unspecified atom stereocenters. The largest absolute Gasteiger partial charge is 0.488 e. The molecule has 0 aliphatic carbocycles. The van der Waals surface area contributed by atoms with Crippen LogP contribution in [0.15, 0.2) is 47.9 Å². The van der Waals surface area contributed by atoms with E-state index in [-0.39, 0.29) is 70.6 Å². The molecule has 0 N–H and O–H groups in total. The molecule has 13 heteroatoms. The Balaban J connectivity index is 1.70. The van der Waals surface area contributed by atoms with Crippen molar-refractivity contribution < 1.29 is 23.0 Å². The van der Waals surface area contributed by atoms with Gasteiger partial charge in [0.15, 0.2) is 17.2 Å². The topological polar surface area (TPSA) is 103 Å². The molecule has 4 aromatic rings. The smallest absolute Gasteiger partial charge is 0.356 e. The summed E-state index contributed by atoms with van der Waals surface area (Å²) < 4.78 is 43.7. The molecular weight excluding hydrogens is 606 g/mol. The number of halogens is 3. The predicted octanol–water partition coefficient (Wildman–Crippen LogP) is 5.28. The van der Waals surface area contributed by atoms with Crippen LogP contribution in [-0.2, 0) is 4.79 Å². The number of piperazine rings is 1. The number of fused-ring (bicyclic) bond motifs is 5. The van der Waals surface area contributed by atoms with E-state index in [2.05, 4.69) is 16.5 Å². The van der Waals surface area contributed by atoms with Crippen LogP contribution in [0, 0.1) is 11.6 Å². The van der Waals surface area contributed by atoms with Gasteiger partial charge < -0.3 is 19.3 Å². The number of anilines is 1. The number of carbonyl (C=O) groups excluding carboxylic acids is 1. The molecule has 3 aromatic heterocycles. The van der Waals surface area contributed by atoms with E-state index in [4.69, 9.17) is 26.1 Å². The fraction of sp³-hybridized carbons (Fsp3) is 0.344. The number of rotatable bonds is 3. The van der Waals surface area contributed by atoms with Gasteiger partial charge >= 0.3 is 5.69 Å². The van der Waals surface area contributed by atoms with Gasteiger partial charge in [0, 0.05) is 37.4 Å². The minimum absolute atomic E-state index is 0.00456. The highest BCUT2D eigenvalue weighted by atomic mass is 35.5. The van der Waals surface area contributed by atoms with E-state index in [0.29, 0.717) is 35.6 Å². The molecule has 1 fully saturated rings. The van der Waals surface area contributed by atoms with Crippen LogP contribution in [-0.4, -0.2) is 68.7 Å². The predicted molar refractivity (Wildman–Crippen MR) is 167 cm³/mol. The molecule has 2 bridgehead atoms. The van der Waals surface area contributed by atoms with Crippen molar-refractivity contribution in [2.75, 3.05) is 31.2 Å². The van der Waals surface area contributed by atoms with Crippen LogP contribution in [0.4, 0.5) is 14.6 Å². The number of carbonyl (C=O) groups is 1. The molecule has 0 radical (unpaired) electrons. The second kappa shape index (κ2) is 11.7. The first-order valence-electron chi connectivity index (χ1n) is 14.6. The number of aromatic nitrogens is 4. The average molecular weight is 637 g/mol. The fourth-order valence-corrected chi connectivity index (χ4v) is 6.20. The molecule has 2 aliphatic heterocycles. The minimum Gasteiger partial charge on any atom is -0.488 e. The zero-order chi connectivity index (χ0) is 32.2. The highest BCUT2D eigenvalue weighted by Gasteiger charge is 2.35. The molecular formula is C32H31ClF2N6O4. The van der Waals surface area contributed by atoms with Crippen LogP contribution in [0.3, 0.4) is 0 Å². The highest BCUT2D eigenvalue weighted by molar-refractivity contribution is 6.34. The average Bonchev–Trinajstić information content (AvgIpc) is 3.00. The van der Waals surface area contributed by atoms with Gasteiger partial charge in [0.25, 0.3) is 0 Å². The van der Waals surface area contributed by atoms with Gasteiger partial charge in [0.1, 0.15) is 36.3 Å². The summed E-state index contributed by atoms with van der Waals surface area (Å²) in [7, 11) is 0. The summed E-state index contributed by atoms with van der Waals surface area (Å²) in [5, 5.41) is 0.377. The van der Waals surface area contributed by atoms with Gasteiger partial charge in [-0.15, -0.1) is 0 Å². The Hall–Kier alpha value is -4.58. The van der Waals surface area contributed by atoms with Crippen molar-refractivity contribution in [2.45, 2.75) is 45.7 Å². The molecule has 45 heavy (non-hydrogen) atoms. The Labute approximate surface area is 262 Å². The van der Waals surface area contributed by atoms with E-state index in [9.17, 15) is 9.59 Å². The Morgan fingerprint density at radius 1 is 1.09 bits per heavy atom. The van der Waals surface area contributed by atoms with Crippen LogP contribution in [0.2, 0.25) is 5.02 Å². The molecule has 6 rings (SSSR count). The molecule has 10 nitrogen and oxygen atoms in total. The van der Waals surface area contributed by atoms with Gasteiger partial charge in [-0.2, -0.15) is 4.98 Å². The maximum absolute atomic E-state index is 15.5. The molecule has 0 saturated carbocycles. The minimum atomic E-state index is -0.810. The van der Waals surface area contributed by atoms with Crippen molar-refractivity contribution in [3.05, 3.63) is 76.0 Å². The number of hydrogen-bond acceptors (Lipinski definition) is 8. The van der Waals surface area contributed by atoms with E-state index in [1.54, 1.807) is 23.2 Å². The Bertz CT molecular complexity index is 1920. The van der Waals surface area contributed by atoms with Gasteiger partial charge in [-0.3, -0.25) is 9.78 Å². The first kappa shape index (κ1) is 30.4. The number of hydrogen-bond donors (Lipinski definition) is 0. The van der Waals surface area contributed by atoms with Crippen LogP contribution in [0.25, 0.3) is 28.0 Å². The van der Waals surface area contributed by atoms with Gasteiger partial charge in [0.05, 0.1) is 27.4 Å². The summed E-state index contributed by atoms with van der Waals surface area (Å²) in [6.07, 6.45) is 2.85. The van der Waals surface area contributed by atoms with E-state index < -0.39 is 17.3 Å². The molecule has 1 saturated heterocycles. The maximum atomic E-state index is 15.5. The first-order chi connectivity index (χ1) is 21.5. The summed E-state index contributed by atoms with van der Waals surface area (Å²) >= 11 is 6.82. The van der Waals surface area contributed by atoms with Crippen LogP contribution in [0.5, 0.6) is 11.5 Å². The Morgan fingerprint density at radius 3 is 2.56 bits per heavy atom. The third-order valence-corrected chi connectivity index (χ3v) is 8.37. The number of benzene rings is 1. The lowest BCUT2D eigenvalue weighted by molar-refractivity contribution is -0.128. The molecule has 1 amide bonds. The lowest BCUT2D eigenvalue weighted by Gasteiger charge is -2.44. The van der Waals surface area contributed by atoms with Crippen molar-refractivity contribution in [3.63, 3.8) is 0 Å². The van der Waals surface area contributed by atoms with E-state index in [1.165, 1.54) is 10.6 Å².